The topological polar surface area (TPSA) is 110 Å². The fraction of sp³-hybridized carbons (Fsp3) is 0.354. The number of hydrogen-bond acceptors (Lipinski definition) is 7. The molecule has 1 amide bonds. The number of hydrogen-bond donors (Lipinski definition) is 2. The largest absolute Gasteiger partial charge is 0.490 e. The van der Waals surface area contributed by atoms with Crippen LogP contribution in [0.2, 0.25) is 0 Å². The van der Waals surface area contributed by atoms with Crippen molar-refractivity contribution in [1.82, 2.24) is 15.2 Å². The highest BCUT2D eigenvalue weighted by Crippen LogP contribution is 2.42. The predicted molar refractivity (Wildman–Crippen MR) is 222 cm³/mol. The van der Waals surface area contributed by atoms with Crippen molar-refractivity contribution in [1.29, 1.82) is 0 Å². The number of aromatic nitrogens is 1. The van der Waals surface area contributed by atoms with Gasteiger partial charge in [-0.25, -0.2) is 4.79 Å². The number of pyridine rings is 1. The minimum Gasteiger partial charge on any atom is -0.490 e. The van der Waals surface area contributed by atoms with E-state index in [4.69, 9.17) is 14.2 Å². The zero-order chi connectivity index (χ0) is 40.1. The zero-order valence-electron chi connectivity index (χ0n) is 33.5. The highest BCUT2D eigenvalue weighted by molar-refractivity contribution is 5.87. The standard InChI is InChI=1S/C48H53N3O6/c1-6-38(7-2)56-39-20-18-35(19-21-39)46-29-55-44-26-36-25-43(51(28-37(36)27-45(44)57-46)42(8-3)34-12-10-9-11-13-34)47(52)50-41(48(53)54)24-32-14-16-33(17-15-32)40-22-23-49-31(5)30(40)4/h9-23,26-27,38,41-43,46H,6-8,24-25,28-29H2,1-5H3,(H,50,52)(H,53,54)/t41?,42-,43-,46+/m0/s1. The average molecular weight is 768 g/mol. The Kier molecular flexibility index (Phi) is 12.2. The number of nitrogens with zero attached hydrogens (tertiary/aromatic N) is 2. The number of benzene rings is 4. The van der Waals surface area contributed by atoms with Gasteiger partial charge in [0.25, 0.3) is 0 Å². The lowest BCUT2D eigenvalue weighted by molar-refractivity contribution is -0.143. The van der Waals surface area contributed by atoms with Crippen LogP contribution in [0, 0.1) is 13.8 Å². The first-order chi connectivity index (χ1) is 27.6. The normalized spacial score (nSPS) is 17.4. The van der Waals surface area contributed by atoms with E-state index in [-0.39, 0.29) is 30.6 Å². The molecule has 2 aliphatic rings. The number of fused-ring (bicyclic) bond motifs is 2. The molecule has 296 valence electrons. The van der Waals surface area contributed by atoms with E-state index in [1.165, 1.54) is 0 Å². The Bertz CT molecular complexity index is 2170. The summed E-state index contributed by atoms with van der Waals surface area (Å²) in [5, 5.41) is 13.3. The van der Waals surface area contributed by atoms with Crippen LogP contribution in [-0.4, -0.2) is 51.7 Å². The molecule has 0 fully saturated rings. The Morgan fingerprint density at radius 2 is 1.61 bits per heavy atom. The summed E-state index contributed by atoms with van der Waals surface area (Å²) in [7, 11) is 0. The molecule has 3 heterocycles. The lowest BCUT2D eigenvalue weighted by atomic mass is 9.89. The Morgan fingerprint density at radius 1 is 0.895 bits per heavy atom. The van der Waals surface area contributed by atoms with Crippen molar-refractivity contribution in [2.75, 3.05) is 6.61 Å². The summed E-state index contributed by atoms with van der Waals surface area (Å²) >= 11 is 0. The molecule has 0 saturated heterocycles. The number of amides is 1. The van der Waals surface area contributed by atoms with Gasteiger partial charge in [-0.15, -0.1) is 0 Å². The van der Waals surface area contributed by atoms with E-state index in [0.717, 1.165) is 75.2 Å². The maximum Gasteiger partial charge on any atom is 0.326 e. The van der Waals surface area contributed by atoms with Gasteiger partial charge in [0.2, 0.25) is 5.91 Å². The maximum absolute atomic E-state index is 14.4. The third-order valence-corrected chi connectivity index (χ3v) is 11.6. The second-order valence-electron chi connectivity index (χ2n) is 15.2. The molecule has 2 aliphatic heterocycles. The predicted octanol–water partition coefficient (Wildman–Crippen LogP) is 9.14. The molecule has 1 aromatic heterocycles. The smallest absolute Gasteiger partial charge is 0.326 e. The lowest BCUT2D eigenvalue weighted by Crippen LogP contribution is -2.55. The lowest BCUT2D eigenvalue weighted by Gasteiger charge is -2.42. The number of rotatable bonds is 14. The van der Waals surface area contributed by atoms with Crippen molar-refractivity contribution >= 4 is 11.9 Å². The summed E-state index contributed by atoms with van der Waals surface area (Å²) in [5.74, 6) is 0.771. The van der Waals surface area contributed by atoms with Crippen LogP contribution in [0.1, 0.15) is 91.3 Å². The molecular formula is C48H53N3O6. The van der Waals surface area contributed by atoms with Crippen LogP contribution in [0.3, 0.4) is 0 Å². The number of nitrogens with one attached hydrogen (secondary N) is 1. The highest BCUT2D eigenvalue weighted by atomic mass is 16.6. The zero-order valence-corrected chi connectivity index (χ0v) is 33.5. The fourth-order valence-electron chi connectivity index (χ4n) is 8.13. The van der Waals surface area contributed by atoms with Gasteiger partial charge in [-0.05, 0) is 114 Å². The summed E-state index contributed by atoms with van der Waals surface area (Å²) in [6, 6.07) is 30.4. The van der Waals surface area contributed by atoms with Crippen molar-refractivity contribution in [3.05, 3.63) is 142 Å². The van der Waals surface area contributed by atoms with Crippen molar-refractivity contribution in [2.24, 2.45) is 0 Å². The van der Waals surface area contributed by atoms with Crippen LogP contribution in [0.25, 0.3) is 11.1 Å². The van der Waals surface area contributed by atoms with E-state index in [9.17, 15) is 14.7 Å². The Hall–Kier alpha value is -5.67. The third kappa shape index (κ3) is 8.84. The van der Waals surface area contributed by atoms with Crippen LogP contribution in [0.4, 0.5) is 0 Å². The third-order valence-electron chi connectivity index (χ3n) is 11.6. The molecule has 4 aromatic carbocycles. The molecule has 0 aliphatic carbocycles. The molecule has 0 bridgehead atoms. The van der Waals surface area contributed by atoms with E-state index in [2.05, 4.69) is 54.2 Å². The first-order valence-corrected chi connectivity index (χ1v) is 20.2. The maximum atomic E-state index is 14.4. The molecule has 2 N–H and O–H groups in total. The number of carboxylic acid groups (broad SMARTS) is 1. The van der Waals surface area contributed by atoms with E-state index in [1.54, 1.807) is 6.20 Å². The number of aryl methyl sites for hydroxylation is 1. The van der Waals surface area contributed by atoms with E-state index in [0.29, 0.717) is 31.1 Å². The average Bonchev–Trinajstić information content (AvgIpc) is 3.23. The first-order valence-electron chi connectivity index (χ1n) is 20.2. The van der Waals surface area contributed by atoms with Crippen LogP contribution in [0.5, 0.6) is 17.2 Å². The van der Waals surface area contributed by atoms with Gasteiger partial charge in [-0.2, -0.15) is 0 Å². The summed E-state index contributed by atoms with van der Waals surface area (Å²) in [6.07, 6.45) is 4.94. The number of carboxylic acids is 1. The first kappa shape index (κ1) is 39.6. The monoisotopic (exact) mass is 767 g/mol. The summed E-state index contributed by atoms with van der Waals surface area (Å²) in [4.78, 5) is 33.7. The number of ether oxygens (including phenoxy) is 3. The summed E-state index contributed by atoms with van der Waals surface area (Å²) < 4.78 is 19.0. The Balaban J connectivity index is 1.11. The molecule has 5 aromatic rings. The van der Waals surface area contributed by atoms with Gasteiger partial charge in [0, 0.05) is 30.9 Å². The molecule has 1 unspecified atom stereocenters. The minimum atomic E-state index is -1.11. The summed E-state index contributed by atoms with van der Waals surface area (Å²) in [6.45, 7) is 11.3. The molecule has 7 rings (SSSR count). The van der Waals surface area contributed by atoms with Gasteiger partial charge in [0.1, 0.15) is 18.4 Å². The Morgan fingerprint density at radius 3 is 2.30 bits per heavy atom. The second-order valence-corrected chi connectivity index (χ2v) is 15.2. The van der Waals surface area contributed by atoms with Crippen LogP contribution in [-0.2, 0) is 29.0 Å². The van der Waals surface area contributed by atoms with Crippen LogP contribution >= 0.6 is 0 Å². The molecule has 0 saturated carbocycles. The van der Waals surface area contributed by atoms with Gasteiger partial charge in [0.15, 0.2) is 17.6 Å². The van der Waals surface area contributed by atoms with Gasteiger partial charge < -0.3 is 24.6 Å². The number of carbonyl (C=O) groups is 2. The quantitative estimate of drug-likeness (QED) is 0.115. The highest BCUT2D eigenvalue weighted by Gasteiger charge is 2.39. The SMILES string of the molecule is CCC(CC)Oc1ccc([C@H]2COc3cc4c(cc3O2)CN([C@@H](CC)c2ccccc2)[C@H](C(=O)NC(Cc2ccc(-c3ccnc(C)c3C)cc2)C(=O)O)C4)cc1. The van der Waals surface area contributed by atoms with Crippen molar-refractivity contribution in [3.8, 4) is 28.4 Å². The Labute approximate surface area is 336 Å². The van der Waals surface area contributed by atoms with E-state index < -0.39 is 18.1 Å². The molecule has 4 atom stereocenters. The molecule has 0 radical (unpaired) electrons. The van der Waals surface area contributed by atoms with E-state index in [1.807, 2.05) is 92.7 Å². The van der Waals surface area contributed by atoms with Gasteiger partial charge >= 0.3 is 5.97 Å². The van der Waals surface area contributed by atoms with Gasteiger partial charge in [-0.1, -0.05) is 87.5 Å². The van der Waals surface area contributed by atoms with E-state index >= 15 is 0 Å². The van der Waals surface area contributed by atoms with Gasteiger partial charge in [0.05, 0.1) is 12.1 Å². The molecule has 9 heteroatoms. The minimum absolute atomic E-state index is 0.0760. The second kappa shape index (κ2) is 17.6. The molecule has 0 spiro atoms. The molecule has 57 heavy (non-hydrogen) atoms. The molecule has 9 nitrogen and oxygen atoms in total. The van der Waals surface area contributed by atoms with Crippen molar-refractivity contribution in [3.63, 3.8) is 0 Å². The fourth-order valence-corrected chi connectivity index (χ4v) is 8.13. The van der Waals surface area contributed by atoms with Crippen LogP contribution < -0.4 is 19.5 Å². The van der Waals surface area contributed by atoms with Gasteiger partial charge in [-0.3, -0.25) is 14.7 Å². The summed E-state index contributed by atoms with van der Waals surface area (Å²) in [5.41, 5.74) is 9.17. The van der Waals surface area contributed by atoms with Crippen molar-refractivity contribution < 1.29 is 28.9 Å². The number of aliphatic carboxylic acids is 1. The van der Waals surface area contributed by atoms with Crippen molar-refractivity contribution in [2.45, 2.75) is 104 Å². The van der Waals surface area contributed by atoms with Crippen LogP contribution in [0.15, 0.2) is 103 Å². The molecular weight excluding hydrogens is 715 g/mol. The number of carbonyl (C=O) groups excluding carboxylic acids is 1.